The second-order valence-corrected chi connectivity index (χ2v) is 3.88. The van der Waals surface area contributed by atoms with Crippen LogP contribution in [0.5, 0.6) is 0 Å². The Morgan fingerprint density at radius 3 is 2.74 bits per heavy atom. The zero-order chi connectivity index (χ0) is 14.0. The van der Waals surface area contributed by atoms with Crippen molar-refractivity contribution in [3.8, 4) is 5.69 Å². The van der Waals surface area contributed by atoms with Crippen molar-refractivity contribution in [1.82, 2.24) is 14.9 Å². The van der Waals surface area contributed by atoms with Crippen molar-refractivity contribution >= 4 is 11.6 Å². The molecule has 0 spiro atoms. The maximum Gasteiger partial charge on any atom is 0.294 e. The van der Waals surface area contributed by atoms with Crippen LogP contribution in [0.3, 0.4) is 0 Å². The van der Waals surface area contributed by atoms with Gasteiger partial charge in [0.2, 0.25) is 0 Å². The number of carbonyl (C=O) groups is 1. The molecule has 0 bridgehead atoms. The SMILES string of the molecule is CNC(=O)c1ccc(-n2ccnc2C)c([N+](=O)[O-])c1. The van der Waals surface area contributed by atoms with E-state index < -0.39 is 4.92 Å². The highest BCUT2D eigenvalue weighted by Crippen LogP contribution is 2.25. The summed E-state index contributed by atoms with van der Waals surface area (Å²) >= 11 is 0. The Kier molecular flexibility index (Phi) is 3.28. The smallest absolute Gasteiger partial charge is 0.294 e. The van der Waals surface area contributed by atoms with Crippen molar-refractivity contribution in [2.75, 3.05) is 7.05 Å². The Bertz CT molecular complexity index is 648. The number of imidazole rings is 1. The number of aromatic nitrogens is 2. The van der Waals surface area contributed by atoms with E-state index in [1.165, 1.54) is 19.2 Å². The Hall–Kier alpha value is -2.70. The summed E-state index contributed by atoms with van der Waals surface area (Å²) in [7, 11) is 1.47. The van der Waals surface area contributed by atoms with Crippen LogP contribution in [0.2, 0.25) is 0 Å². The fourth-order valence-corrected chi connectivity index (χ4v) is 1.79. The van der Waals surface area contributed by atoms with Crippen LogP contribution in [0.1, 0.15) is 16.2 Å². The largest absolute Gasteiger partial charge is 0.355 e. The van der Waals surface area contributed by atoms with Gasteiger partial charge in [0.25, 0.3) is 11.6 Å². The third-order valence-electron chi connectivity index (χ3n) is 2.75. The molecule has 1 aromatic heterocycles. The first-order chi connectivity index (χ1) is 9.04. The van der Waals surface area contributed by atoms with Gasteiger partial charge in [-0.3, -0.25) is 19.5 Å². The Labute approximate surface area is 109 Å². The molecule has 0 fully saturated rings. The van der Waals surface area contributed by atoms with Crippen molar-refractivity contribution in [1.29, 1.82) is 0 Å². The average Bonchev–Trinajstić information content (AvgIpc) is 2.83. The van der Waals surface area contributed by atoms with Gasteiger partial charge in [0.1, 0.15) is 11.5 Å². The highest BCUT2D eigenvalue weighted by atomic mass is 16.6. The van der Waals surface area contributed by atoms with Crippen LogP contribution in [-0.4, -0.2) is 27.4 Å². The van der Waals surface area contributed by atoms with Crippen LogP contribution in [-0.2, 0) is 0 Å². The zero-order valence-electron chi connectivity index (χ0n) is 10.5. The summed E-state index contributed by atoms with van der Waals surface area (Å²) in [6.07, 6.45) is 3.20. The maximum absolute atomic E-state index is 11.5. The maximum atomic E-state index is 11.5. The summed E-state index contributed by atoms with van der Waals surface area (Å²) in [5.74, 6) is 0.271. The number of aryl methyl sites for hydroxylation is 1. The van der Waals surface area contributed by atoms with Gasteiger partial charge in [-0.05, 0) is 19.1 Å². The van der Waals surface area contributed by atoms with Crippen LogP contribution in [0.4, 0.5) is 5.69 Å². The molecule has 1 N–H and O–H groups in total. The number of rotatable bonds is 3. The third-order valence-corrected chi connectivity index (χ3v) is 2.75. The first-order valence-electron chi connectivity index (χ1n) is 5.55. The van der Waals surface area contributed by atoms with Crippen molar-refractivity contribution in [2.24, 2.45) is 0 Å². The molecule has 0 unspecified atom stereocenters. The van der Waals surface area contributed by atoms with Gasteiger partial charge in [-0.15, -0.1) is 0 Å². The lowest BCUT2D eigenvalue weighted by Gasteiger charge is -2.07. The second kappa shape index (κ2) is 4.89. The molecule has 2 aromatic rings. The summed E-state index contributed by atoms with van der Waals surface area (Å²) in [6, 6.07) is 4.34. The van der Waals surface area contributed by atoms with Crippen molar-refractivity contribution < 1.29 is 9.72 Å². The molecule has 7 nitrogen and oxygen atoms in total. The van der Waals surface area contributed by atoms with Crippen LogP contribution in [0.25, 0.3) is 5.69 Å². The summed E-state index contributed by atoms with van der Waals surface area (Å²) in [5.41, 5.74) is 0.491. The van der Waals surface area contributed by atoms with E-state index in [0.29, 0.717) is 11.5 Å². The molecule has 1 amide bonds. The number of nitro benzene ring substituents is 1. The van der Waals surface area contributed by atoms with E-state index in [0.717, 1.165) is 0 Å². The van der Waals surface area contributed by atoms with Crippen LogP contribution in [0, 0.1) is 17.0 Å². The number of amides is 1. The van der Waals surface area contributed by atoms with Crippen LogP contribution >= 0.6 is 0 Å². The van der Waals surface area contributed by atoms with Crippen molar-refractivity contribution in [3.63, 3.8) is 0 Å². The molecule has 1 heterocycles. The number of hydrogen-bond acceptors (Lipinski definition) is 4. The first kappa shape index (κ1) is 12.7. The van der Waals surface area contributed by atoms with E-state index in [-0.39, 0.29) is 17.2 Å². The lowest BCUT2D eigenvalue weighted by Crippen LogP contribution is -2.18. The quantitative estimate of drug-likeness (QED) is 0.668. The zero-order valence-corrected chi connectivity index (χ0v) is 10.5. The fraction of sp³-hybridized carbons (Fsp3) is 0.167. The fourth-order valence-electron chi connectivity index (χ4n) is 1.79. The van der Waals surface area contributed by atoms with E-state index in [4.69, 9.17) is 0 Å². The lowest BCUT2D eigenvalue weighted by molar-refractivity contribution is -0.384. The minimum Gasteiger partial charge on any atom is -0.355 e. The minimum absolute atomic E-state index is 0.137. The minimum atomic E-state index is -0.513. The van der Waals surface area contributed by atoms with Crippen molar-refractivity contribution in [3.05, 3.63) is 52.1 Å². The molecule has 19 heavy (non-hydrogen) atoms. The predicted molar refractivity (Wildman–Crippen MR) is 68.3 cm³/mol. The third kappa shape index (κ3) is 2.30. The average molecular weight is 260 g/mol. The molecule has 98 valence electrons. The molecule has 0 atom stereocenters. The van der Waals surface area contributed by atoms with E-state index in [9.17, 15) is 14.9 Å². The number of carbonyl (C=O) groups excluding carboxylic acids is 1. The Balaban J connectivity index is 2.60. The summed E-state index contributed by atoms with van der Waals surface area (Å²) in [4.78, 5) is 26.1. The number of nitro groups is 1. The van der Waals surface area contributed by atoms with Gasteiger partial charge in [0, 0.05) is 31.1 Å². The van der Waals surface area contributed by atoms with Gasteiger partial charge in [-0.1, -0.05) is 0 Å². The van der Waals surface area contributed by atoms with E-state index in [1.54, 1.807) is 30.0 Å². The summed E-state index contributed by atoms with van der Waals surface area (Å²) in [6.45, 7) is 1.75. The van der Waals surface area contributed by atoms with Gasteiger partial charge < -0.3 is 5.32 Å². The van der Waals surface area contributed by atoms with Gasteiger partial charge in [-0.2, -0.15) is 0 Å². The highest BCUT2D eigenvalue weighted by molar-refractivity contribution is 5.95. The van der Waals surface area contributed by atoms with Crippen molar-refractivity contribution in [2.45, 2.75) is 6.92 Å². The standard InChI is InChI=1S/C12H12N4O3/c1-8-14-5-6-15(8)10-4-3-9(12(17)13-2)7-11(10)16(18)19/h3-7H,1-2H3,(H,13,17). The topological polar surface area (TPSA) is 90.1 Å². The first-order valence-corrected chi connectivity index (χ1v) is 5.55. The summed E-state index contributed by atoms with van der Waals surface area (Å²) < 4.78 is 1.60. The molecule has 0 saturated heterocycles. The van der Waals surface area contributed by atoms with E-state index in [2.05, 4.69) is 10.3 Å². The van der Waals surface area contributed by atoms with Crippen LogP contribution in [0.15, 0.2) is 30.6 Å². The van der Waals surface area contributed by atoms with Gasteiger partial charge in [0.15, 0.2) is 0 Å². The molecule has 0 aliphatic rings. The second-order valence-electron chi connectivity index (χ2n) is 3.88. The number of nitrogens with one attached hydrogen (secondary N) is 1. The van der Waals surface area contributed by atoms with Gasteiger partial charge >= 0.3 is 0 Å². The molecule has 1 aromatic carbocycles. The molecule has 0 radical (unpaired) electrons. The summed E-state index contributed by atoms with van der Waals surface area (Å²) in [5, 5.41) is 13.6. The molecular weight excluding hydrogens is 248 g/mol. The molecular formula is C12H12N4O3. The normalized spacial score (nSPS) is 10.2. The van der Waals surface area contributed by atoms with E-state index in [1.807, 2.05) is 0 Å². The number of nitrogens with zero attached hydrogens (tertiary/aromatic N) is 3. The van der Waals surface area contributed by atoms with Gasteiger partial charge in [0.05, 0.1) is 4.92 Å². The molecule has 7 heteroatoms. The molecule has 0 aliphatic carbocycles. The number of hydrogen-bond donors (Lipinski definition) is 1. The number of benzene rings is 1. The van der Waals surface area contributed by atoms with Gasteiger partial charge in [-0.25, -0.2) is 4.98 Å². The highest BCUT2D eigenvalue weighted by Gasteiger charge is 2.19. The molecule has 0 aliphatic heterocycles. The monoisotopic (exact) mass is 260 g/mol. The van der Waals surface area contributed by atoms with Crippen LogP contribution < -0.4 is 5.32 Å². The van der Waals surface area contributed by atoms with E-state index >= 15 is 0 Å². The Morgan fingerprint density at radius 1 is 1.47 bits per heavy atom. The Morgan fingerprint density at radius 2 is 2.21 bits per heavy atom. The molecule has 0 saturated carbocycles. The predicted octanol–water partition coefficient (Wildman–Crippen LogP) is 1.45. The lowest BCUT2D eigenvalue weighted by atomic mass is 10.1. The molecule has 2 rings (SSSR count).